The predicted molar refractivity (Wildman–Crippen MR) is 205 cm³/mol. The molecule has 0 aliphatic rings. The fourth-order valence-corrected chi connectivity index (χ4v) is 12.6. The maximum absolute atomic E-state index is 15.0. The molecule has 0 nitrogen and oxygen atoms in total. The average molecular weight is 782 g/mol. The van der Waals surface area contributed by atoms with Crippen LogP contribution in [0.15, 0.2) is 200 Å². The van der Waals surface area contributed by atoms with E-state index in [2.05, 4.69) is 91.0 Å². The molecule has 0 N–H and O–H groups in total. The van der Waals surface area contributed by atoms with E-state index in [1.165, 1.54) is 22.0 Å². The van der Waals surface area contributed by atoms with E-state index < -0.39 is 32.7 Å². The minimum absolute atomic E-state index is 0. The first-order chi connectivity index (χ1) is 24.4. The minimum atomic E-state index is -4.58. The molecule has 0 saturated carbocycles. The molecule has 0 unspecified atom stereocenters. The molecule has 7 aromatic rings. The summed E-state index contributed by atoms with van der Waals surface area (Å²) < 4.78 is 54.2. The molecule has 0 heterocycles. The summed E-state index contributed by atoms with van der Waals surface area (Å²) in [5, 5.41) is 7.34. The molecular formula is C44H35BrF4P2. The third kappa shape index (κ3) is 9.10. The Bertz CT molecular complexity index is 1870. The van der Waals surface area contributed by atoms with Gasteiger partial charge in [0, 0.05) is 5.56 Å². The van der Waals surface area contributed by atoms with Crippen LogP contribution >= 0.6 is 15.2 Å². The van der Waals surface area contributed by atoms with E-state index in [1.54, 1.807) is 0 Å². The second-order valence-electron chi connectivity index (χ2n) is 11.6. The molecule has 0 fully saturated rings. The first kappa shape index (κ1) is 37.8. The van der Waals surface area contributed by atoms with Gasteiger partial charge in [-0.15, -0.1) is 0 Å². The standard InChI is InChI=1S/C26H20F4P.C18H15P.BrH/c27-25-18-21(26(28,29)30)17-16-20(25)19-31(22-10-4-1-5-11-22,23-12-6-2-7-13-23)24-14-8-3-9-15-24;1-4-10-16(11-5-1)19(17-12-6-2-7-13-17)18-14-8-3-9-15-18;/h1-18H,19H2;1-15H;1H/q+1;;/p-1. The zero-order valence-electron chi connectivity index (χ0n) is 27.5. The van der Waals surface area contributed by atoms with E-state index in [9.17, 15) is 17.6 Å². The monoisotopic (exact) mass is 780 g/mol. The Balaban J connectivity index is 0.000000216. The van der Waals surface area contributed by atoms with Gasteiger partial charge in [-0.3, -0.25) is 0 Å². The van der Waals surface area contributed by atoms with Crippen LogP contribution < -0.4 is 48.8 Å². The second kappa shape index (κ2) is 17.7. The van der Waals surface area contributed by atoms with Gasteiger partial charge in [-0.05, 0) is 72.4 Å². The van der Waals surface area contributed by atoms with Crippen LogP contribution in [-0.4, -0.2) is 0 Å². The Morgan fingerprint density at radius 1 is 0.431 bits per heavy atom. The lowest BCUT2D eigenvalue weighted by Crippen LogP contribution is -3.00. The molecule has 0 aliphatic carbocycles. The maximum atomic E-state index is 15.0. The van der Waals surface area contributed by atoms with Gasteiger partial charge in [-0.1, -0.05) is 152 Å². The lowest BCUT2D eigenvalue weighted by atomic mass is 10.1. The molecule has 7 rings (SSSR count). The Labute approximate surface area is 309 Å². The molecule has 0 aliphatic heterocycles. The highest BCUT2D eigenvalue weighted by Gasteiger charge is 2.46. The molecule has 0 spiro atoms. The normalized spacial score (nSPS) is 11.2. The molecule has 0 saturated heterocycles. The van der Waals surface area contributed by atoms with Crippen molar-refractivity contribution in [3.63, 3.8) is 0 Å². The van der Waals surface area contributed by atoms with Crippen molar-refractivity contribution in [1.29, 1.82) is 0 Å². The summed E-state index contributed by atoms with van der Waals surface area (Å²) in [6.45, 7) is 0. The summed E-state index contributed by atoms with van der Waals surface area (Å²) in [7, 11) is -2.83. The largest absolute Gasteiger partial charge is 1.00 e. The van der Waals surface area contributed by atoms with Crippen molar-refractivity contribution < 1.29 is 34.5 Å². The lowest BCUT2D eigenvalue weighted by molar-refractivity contribution is -0.137. The maximum Gasteiger partial charge on any atom is 0.416 e. The number of benzene rings is 7. The zero-order chi connectivity index (χ0) is 34.8. The van der Waals surface area contributed by atoms with Crippen molar-refractivity contribution in [2.24, 2.45) is 0 Å². The Morgan fingerprint density at radius 2 is 0.745 bits per heavy atom. The topological polar surface area (TPSA) is 0 Å². The van der Waals surface area contributed by atoms with Crippen LogP contribution in [0.2, 0.25) is 0 Å². The molecule has 0 radical (unpaired) electrons. The average Bonchev–Trinajstić information content (AvgIpc) is 3.17. The van der Waals surface area contributed by atoms with Crippen LogP contribution in [0, 0.1) is 5.82 Å². The highest BCUT2D eigenvalue weighted by Crippen LogP contribution is 2.58. The molecule has 0 bridgehead atoms. The van der Waals surface area contributed by atoms with Crippen LogP contribution in [-0.2, 0) is 12.3 Å². The number of rotatable bonds is 8. The van der Waals surface area contributed by atoms with Gasteiger partial charge in [0.25, 0.3) is 0 Å². The van der Waals surface area contributed by atoms with Crippen LogP contribution in [0.25, 0.3) is 0 Å². The van der Waals surface area contributed by atoms with Gasteiger partial charge in [0.15, 0.2) is 0 Å². The van der Waals surface area contributed by atoms with Gasteiger partial charge in [-0.2, -0.15) is 13.2 Å². The summed E-state index contributed by atoms with van der Waals surface area (Å²) in [6, 6.07) is 64.7. The van der Waals surface area contributed by atoms with Gasteiger partial charge in [-0.25, -0.2) is 4.39 Å². The van der Waals surface area contributed by atoms with Crippen LogP contribution in [0.4, 0.5) is 17.6 Å². The van der Waals surface area contributed by atoms with E-state index in [4.69, 9.17) is 0 Å². The summed E-state index contributed by atoms with van der Waals surface area (Å²) in [5.41, 5.74) is -0.699. The Hall–Kier alpha value is -4.40. The smallest absolute Gasteiger partial charge is 0.416 e. The van der Waals surface area contributed by atoms with Crippen molar-refractivity contribution in [2.75, 3.05) is 0 Å². The predicted octanol–water partition coefficient (Wildman–Crippen LogP) is 6.79. The van der Waals surface area contributed by atoms with E-state index in [0.717, 1.165) is 22.0 Å². The van der Waals surface area contributed by atoms with Gasteiger partial charge >= 0.3 is 6.18 Å². The lowest BCUT2D eigenvalue weighted by Gasteiger charge is -2.28. The van der Waals surface area contributed by atoms with Gasteiger partial charge in [0.1, 0.15) is 35.2 Å². The van der Waals surface area contributed by atoms with Gasteiger partial charge < -0.3 is 17.0 Å². The van der Waals surface area contributed by atoms with Crippen molar-refractivity contribution in [2.45, 2.75) is 12.3 Å². The zero-order valence-corrected chi connectivity index (χ0v) is 30.9. The number of alkyl halides is 3. The van der Waals surface area contributed by atoms with Crippen LogP contribution in [0.5, 0.6) is 0 Å². The van der Waals surface area contributed by atoms with Gasteiger partial charge in [0.05, 0.1) is 5.56 Å². The summed E-state index contributed by atoms with van der Waals surface area (Å²) in [4.78, 5) is 0. The van der Waals surface area contributed by atoms with Crippen molar-refractivity contribution >= 4 is 47.0 Å². The fraction of sp³-hybridized carbons (Fsp3) is 0.0455. The second-order valence-corrected chi connectivity index (χ2v) is 17.3. The third-order valence-electron chi connectivity index (χ3n) is 8.42. The number of hydrogen-bond donors (Lipinski definition) is 0. The fourth-order valence-electron chi connectivity index (χ4n) is 6.05. The summed E-state index contributed by atoms with van der Waals surface area (Å²) >= 11 is 0. The van der Waals surface area contributed by atoms with E-state index >= 15 is 0 Å². The third-order valence-corrected chi connectivity index (χ3v) is 15.2. The Kier molecular flexibility index (Phi) is 13.1. The molecule has 0 amide bonds. The quantitative estimate of drug-likeness (QED) is 0.118. The first-order valence-electron chi connectivity index (χ1n) is 16.2. The van der Waals surface area contributed by atoms with E-state index in [1.807, 2.05) is 91.0 Å². The minimum Gasteiger partial charge on any atom is -1.00 e. The van der Waals surface area contributed by atoms with Crippen molar-refractivity contribution in [3.05, 3.63) is 217 Å². The Morgan fingerprint density at radius 3 is 1.04 bits per heavy atom. The molecule has 7 heteroatoms. The molecular weight excluding hydrogens is 746 g/mol. The SMILES string of the molecule is Fc1cc(C(F)(F)F)ccc1C[P+](c1ccccc1)(c1ccccc1)c1ccccc1.[Br-].c1ccc(P(c2ccccc2)c2ccccc2)cc1. The number of hydrogen-bond acceptors (Lipinski definition) is 0. The molecule has 7 aromatic carbocycles. The summed E-state index contributed by atoms with van der Waals surface area (Å²) in [6.07, 6.45) is -4.29. The van der Waals surface area contributed by atoms with E-state index in [0.29, 0.717) is 6.07 Å². The molecule has 256 valence electrons. The molecule has 0 aromatic heterocycles. The van der Waals surface area contributed by atoms with E-state index in [-0.39, 0.29) is 28.7 Å². The summed E-state index contributed by atoms with van der Waals surface area (Å²) in [5.74, 6) is -0.831. The van der Waals surface area contributed by atoms with Crippen LogP contribution in [0.1, 0.15) is 11.1 Å². The number of halogens is 5. The highest BCUT2D eigenvalue weighted by molar-refractivity contribution is 7.95. The van der Waals surface area contributed by atoms with Crippen molar-refractivity contribution in [1.82, 2.24) is 0 Å². The molecule has 0 atom stereocenters. The van der Waals surface area contributed by atoms with Crippen molar-refractivity contribution in [3.8, 4) is 0 Å². The molecule has 51 heavy (non-hydrogen) atoms. The first-order valence-corrected chi connectivity index (χ1v) is 19.5. The van der Waals surface area contributed by atoms with Crippen LogP contribution in [0.3, 0.4) is 0 Å². The highest BCUT2D eigenvalue weighted by atomic mass is 79.9. The van der Waals surface area contributed by atoms with Gasteiger partial charge in [0.2, 0.25) is 0 Å².